The van der Waals surface area contributed by atoms with Crippen molar-refractivity contribution >= 4 is 5.69 Å². The fourth-order valence-corrected chi connectivity index (χ4v) is 5.76. The maximum absolute atomic E-state index is 11.3. The summed E-state index contributed by atoms with van der Waals surface area (Å²) in [6.45, 7) is 2.44. The van der Waals surface area contributed by atoms with Gasteiger partial charge in [-0.2, -0.15) is 5.10 Å². The Balaban J connectivity index is 1.53. The average molecular weight is 343 g/mol. The summed E-state index contributed by atoms with van der Waals surface area (Å²) in [5.41, 5.74) is 0.0835. The molecule has 4 aliphatic rings. The number of nitro groups is 1. The first-order valence-electron chi connectivity index (χ1n) is 9.12. The minimum atomic E-state index is -0.441. The van der Waals surface area contributed by atoms with Crippen LogP contribution in [0.2, 0.25) is 0 Å². The molecule has 4 fully saturated rings. The van der Waals surface area contributed by atoms with Crippen LogP contribution in [-0.2, 0) is 12.0 Å². The first-order chi connectivity index (χ1) is 12.1. The molecule has 2 heterocycles. The lowest BCUT2D eigenvalue weighted by Crippen LogP contribution is -2.48. The van der Waals surface area contributed by atoms with Crippen LogP contribution in [0.3, 0.4) is 0 Å². The zero-order valence-electron chi connectivity index (χ0n) is 14.2. The molecular weight excluding hydrogens is 322 g/mol. The van der Waals surface area contributed by atoms with Gasteiger partial charge in [-0.25, -0.2) is 0 Å². The van der Waals surface area contributed by atoms with E-state index in [4.69, 9.17) is 4.42 Å². The Kier molecular flexibility index (Phi) is 3.08. The predicted octanol–water partition coefficient (Wildman–Crippen LogP) is 3.33. The van der Waals surface area contributed by atoms with Gasteiger partial charge in [0.15, 0.2) is 0 Å². The molecule has 0 amide bonds. The normalized spacial score (nSPS) is 33.1. The summed E-state index contributed by atoms with van der Waals surface area (Å²) in [4.78, 5) is 10.9. The van der Waals surface area contributed by atoms with E-state index in [1.165, 1.54) is 30.1 Å². The predicted molar refractivity (Wildman–Crippen MR) is 87.7 cm³/mol. The lowest BCUT2D eigenvalue weighted by Gasteiger charge is -2.55. The second-order valence-electron chi connectivity index (χ2n) is 8.09. The van der Waals surface area contributed by atoms with Crippen molar-refractivity contribution in [2.75, 3.05) is 0 Å². The largest absolute Gasteiger partial charge is 0.418 e. The lowest BCUT2D eigenvalue weighted by atomic mass is 9.49. The third-order valence-electron chi connectivity index (χ3n) is 6.38. The van der Waals surface area contributed by atoms with Crippen molar-refractivity contribution in [3.8, 4) is 11.6 Å². The van der Waals surface area contributed by atoms with Crippen molar-refractivity contribution in [2.45, 2.75) is 57.4 Å². The molecule has 4 bridgehead atoms. The Morgan fingerprint density at radius 1 is 1.24 bits per heavy atom. The maximum Gasteiger partial charge on any atom is 0.320 e. The summed E-state index contributed by atoms with van der Waals surface area (Å²) in [6, 6.07) is 0. The number of aromatic nitrogens is 4. The SMILES string of the molecule is CCn1cc([N+](=O)[O-])c(-c2nnc(C34CC5CC(CC(C5)C3)C4)o2)n1. The monoisotopic (exact) mass is 343 g/mol. The van der Waals surface area contributed by atoms with Gasteiger partial charge in [0, 0.05) is 12.0 Å². The molecule has 8 nitrogen and oxygen atoms in total. The fourth-order valence-electron chi connectivity index (χ4n) is 5.76. The molecule has 0 atom stereocenters. The van der Waals surface area contributed by atoms with Crippen LogP contribution in [0.1, 0.15) is 51.3 Å². The van der Waals surface area contributed by atoms with E-state index in [1.807, 2.05) is 6.92 Å². The molecule has 0 aliphatic heterocycles. The molecule has 2 aromatic heterocycles. The van der Waals surface area contributed by atoms with Crippen molar-refractivity contribution in [1.82, 2.24) is 20.0 Å². The molecule has 0 aromatic carbocycles. The van der Waals surface area contributed by atoms with Gasteiger partial charge in [0.1, 0.15) is 6.20 Å². The summed E-state index contributed by atoms with van der Waals surface area (Å²) < 4.78 is 7.53. The second-order valence-corrected chi connectivity index (χ2v) is 8.09. The second kappa shape index (κ2) is 5.12. The highest BCUT2D eigenvalue weighted by molar-refractivity contribution is 5.60. The summed E-state index contributed by atoms with van der Waals surface area (Å²) in [7, 11) is 0. The van der Waals surface area contributed by atoms with Gasteiger partial charge < -0.3 is 4.42 Å². The molecule has 8 heteroatoms. The van der Waals surface area contributed by atoms with Crippen molar-refractivity contribution < 1.29 is 9.34 Å². The molecule has 4 saturated carbocycles. The standard InChI is InChI=1S/C17H21N5O3/c1-2-21-9-13(22(23)24)14(20-21)15-18-19-16(25-15)17-6-10-3-11(7-17)5-12(4-10)8-17/h9-12H,2-8H2,1H3. The maximum atomic E-state index is 11.3. The molecule has 132 valence electrons. The number of hydrogen-bond acceptors (Lipinski definition) is 6. The average Bonchev–Trinajstić information content (AvgIpc) is 3.20. The molecule has 4 aliphatic carbocycles. The van der Waals surface area contributed by atoms with E-state index < -0.39 is 4.92 Å². The van der Waals surface area contributed by atoms with Gasteiger partial charge in [-0.05, 0) is 63.2 Å². The van der Waals surface area contributed by atoms with Crippen LogP contribution in [0.5, 0.6) is 0 Å². The van der Waals surface area contributed by atoms with E-state index in [-0.39, 0.29) is 22.7 Å². The zero-order chi connectivity index (χ0) is 17.2. The molecule has 6 rings (SSSR count). The van der Waals surface area contributed by atoms with Gasteiger partial charge >= 0.3 is 5.69 Å². The van der Waals surface area contributed by atoms with Gasteiger partial charge in [-0.15, -0.1) is 10.2 Å². The first kappa shape index (κ1) is 15.0. The Labute approximate surface area is 144 Å². The Hall–Kier alpha value is -2.25. The molecule has 0 N–H and O–H groups in total. The molecule has 0 radical (unpaired) electrons. The van der Waals surface area contributed by atoms with Crippen LogP contribution in [0.15, 0.2) is 10.6 Å². The van der Waals surface area contributed by atoms with E-state index in [1.54, 1.807) is 0 Å². The zero-order valence-corrected chi connectivity index (χ0v) is 14.2. The quantitative estimate of drug-likeness (QED) is 0.623. The van der Waals surface area contributed by atoms with Crippen molar-refractivity contribution in [2.24, 2.45) is 17.8 Å². The highest BCUT2D eigenvalue weighted by atomic mass is 16.6. The van der Waals surface area contributed by atoms with Gasteiger partial charge in [0.2, 0.25) is 11.6 Å². The van der Waals surface area contributed by atoms with Crippen molar-refractivity contribution in [3.63, 3.8) is 0 Å². The highest BCUT2D eigenvalue weighted by Gasteiger charge is 2.54. The smallest absolute Gasteiger partial charge is 0.320 e. The van der Waals surface area contributed by atoms with E-state index in [0.717, 1.165) is 37.0 Å². The van der Waals surface area contributed by atoms with Crippen LogP contribution in [0, 0.1) is 27.9 Å². The third-order valence-corrected chi connectivity index (χ3v) is 6.38. The summed E-state index contributed by atoms with van der Waals surface area (Å²) in [6.07, 6.45) is 8.79. The summed E-state index contributed by atoms with van der Waals surface area (Å²) >= 11 is 0. The lowest BCUT2D eigenvalue weighted by molar-refractivity contribution is -0.384. The van der Waals surface area contributed by atoms with Crippen LogP contribution in [-0.4, -0.2) is 24.9 Å². The minimum absolute atomic E-state index is 0.0118. The van der Waals surface area contributed by atoms with Crippen molar-refractivity contribution in [3.05, 3.63) is 22.2 Å². The summed E-state index contributed by atoms with van der Waals surface area (Å²) in [5, 5.41) is 24.0. The van der Waals surface area contributed by atoms with Gasteiger partial charge in [-0.1, -0.05) is 0 Å². The van der Waals surface area contributed by atoms with Crippen LogP contribution in [0.4, 0.5) is 5.69 Å². The number of hydrogen-bond donors (Lipinski definition) is 0. The number of aryl methyl sites for hydroxylation is 1. The fraction of sp³-hybridized carbons (Fsp3) is 0.706. The third kappa shape index (κ3) is 2.22. The molecule has 25 heavy (non-hydrogen) atoms. The van der Waals surface area contributed by atoms with Crippen LogP contribution in [0.25, 0.3) is 11.6 Å². The van der Waals surface area contributed by atoms with Crippen LogP contribution < -0.4 is 0 Å². The van der Waals surface area contributed by atoms with E-state index in [2.05, 4.69) is 15.3 Å². The van der Waals surface area contributed by atoms with Gasteiger partial charge in [-0.3, -0.25) is 14.8 Å². The number of rotatable bonds is 4. The topological polar surface area (TPSA) is 99.9 Å². The molecular formula is C17H21N5O3. The van der Waals surface area contributed by atoms with Crippen molar-refractivity contribution in [1.29, 1.82) is 0 Å². The molecule has 0 unspecified atom stereocenters. The van der Waals surface area contributed by atoms with E-state index in [9.17, 15) is 10.1 Å². The van der Waals surface area contributed by atoms with E-state index in [0.29, 0.717) is 12.4 Å². The Morgan fingerprint density at radius 3 is 2.44 bits per heavy atom. The first-order valence-corrected chi connectivity index (χ1v) is 9.12. The van der Waals surface area contributed by atoms with Gasteiger partial charge in [0.05, 0.1) is 4.92 Å². The van der Waals surface area contributed by atoms with E-state index >= 15 is 0 Å². The highest BCUT2D eigenvalue weighted by Crippen LogP contribution is 2.60. The molecule has 2 aromatic rings. The Bertz CT molecular complexity index is 804. The Morgan fingerprint density at radius 2 is 1.88 bits per heavy atom. The molecule has 0 saturated heterocycles. The minimum Gasteiger partial charge on any atom is -0.418 e. The van der Waals surface area contributed by atoms with Crippen LogP contribution >= 0.6 is 0 Å². The van der Waals surface area contributed by atoms with Gasteiger partial charge in [0.25, 0.3) is 5.89 Å². The summed E-state index contributed by atoms with van der Waals surface area (Å²) in [5.74, 6) is 3.16. The number of nitrogens with zero attached hydrogens (tertiary/aromatic N) is 5. The molecule has 0 spiro atoms.